The molecule has 5 aromatic carbocycles. The summed E-state index contributed by atoms with van der Waals surface area (Å²) in [6.45, 7) is 5.11. The predicted molar refractivity (Wildman–Crippen MR) is 207 cm³/mol. The highest BCUT2D eigenvalue weighted by Crippen LogP contribution is 2.32. The third-order valence-corrected chi connectivity index (χ3v) is 10.3. The largest absolute Gasteiger partial charge is 0.461 e. The van der Waals surface area contributed by atoms with E-state index in [1.54, 1.807) is 11.8 Å². The van der Waals surface area contributed by atoms with Crippen molar-refractivity contribution < 1.29 is 14.3 Å². The molecule has 0 radical (unpaired) electrons. The van der Waals surface area contributed by atoms with E-state index in [1.165, 1.54) is 11.1 Å². The Morgan fingerprint density at radius 1 is 0.725 bits per heavy atom. The summed E-state index contributed by atoms with van der Waals surface area (Å²) in [6, 6.07) is 49.0. The van der Waals surface area contributed by atoms with Crippen molar-refractivity contribution in [2.24, 2.45) is 0 Å². The van der Waals surface area contributed by atoms with Crippen molar-refractivity contribution in [3.63, 3.8) is 0 Å². The summed E-state index contributed by atoms with van der Waals surface area (Å²) in [5.74, 6) is 0.0852. The molecule has 1 atom stereocenters. The first-order valence-electron chi connectivity index (χ1n) is 17.8. The van der Waals surface area contributed by atoms with Gasteiger partial charge < -0.3 is 14.2 Å². The third-order valence-electron chi connectivity index (χ3n) is 9.25. The number of nitrogens with zero attached hydrogens (tertiary/aromatic N) is 3. The Bertz CT molecular complexity index is 1910. The van der Waals surface area contributed by atoms with Gasteiger partial charge in [-0.05, 0) is 54.2 Å². The van der Waals surface area contributed by atoms with Crippen LogP contribution in [0.4, 0.5) is 0 Å². The fourth-order valence-corrected chi connectivity index (χ4v) is 7.38. The van der Waals surface area contributed by atoms with Crippen LogP contribution in [-0.2, 0) is 20.9 Å². The van der Waals surface area contributed by atoms with E-state index in [0.29, 0.717) is 13.1 Å². The van der Waals surface area contributed by atoms with E-state index < -0.39 is 5.92 Å². The Kier molecular flexibility index (Phi) is 12.4. The van der Waals surface area contributed by atoms with Crippen LogP contribution in [0.15, 0.2) is 151 Å². The fourth-order valence-electron chi connectivity index (χ4n) is 6.45. The molecule has 1 unspecified atom stereocenters. The van der Waals surface area contributed by atoms with Gasteiger partial charge >= 0.3 is 5.97 Å². The molecule has 6 rings (SSSR count). The first-order valence-corrected chi connectivity index (χ1v) is 18.8. The molecular weight excluding hydrogens is 651 g/mol. The summed E-state index contributed by atoms with van der Waals surface area (Å²) >= 11 is 1.61. The van der Waals surface area contributed by atoms with Crippen molar-refractivity contribution in [1.82, 2.24) is 14.5 Å². The Labute approximate surface area is 305 Å². The normalized spacial score (nSPS) is 11.9. The Balaban J connectivity index is 1.28. The molecule has 0 saturated heterocycles. The van der Waals surface area contributed by atoms with E-state index in [1.807, 2.05) is 115 Å². The monoisotopic (exact) mass is 695 g/mol. The number of rotatable bonds is 16. The number of hydrogen-bond acceptors (Lipinski definition) is 5. The van der Waals surface area contributed by atoms with Gasteiger partial charge in [0.15, 0.2) is 5.16 Å². The summed E-state index contributed by atoms with van der Waals surface area (Å²) in [4.78, 5) is 34.8. The van der Waals surface area contributed by atoms with Crippen molar-refractivity contribution in [3.05, 3.63) is 168 Å². The molecule has 260 valence electrons. The van der Waals surface area contributed by atoms with Gasteiger partial charge in [0.1, 0.15) is 6.54 Å². The minimum Gasteiger partial charge on any atom is -0.461 e. The molecule has 0 saturated carbocycles. The van der Waals surface area contributed by atoms with Crippen LogP contribution < -0.4 is 0 Å². The van der Waals surface area contributed by atoms with Gasteiger partial charge in [-0.2, -0.15) is 0 Å². The number of amides is 1. The Morgan fingerprint density at radius 3 is 1.78 bits per heavy atom. The van der Waals surface area contributed by atoms with Gasteiger partial charge in [0.25, 0.3) is 0 Å². The minimum absolute atomic E-state index is 0.00285. The number of thioether (sulfide) groups is 1. The molecule has 0 fully saturated rings. The SMILES string of the molecule is CCC(C)OC(=O)Cn1c(SCCCN(CC(c2ccccc2)c2ccccc2)C(=O)C(c2ccccc2)c2ccccc2)nc2ccccc21. The zero-order valence-corrected chi connectivity index (χ0v) is 30.1. The second-order valence-corrected chi connectivity index (χ2v) is 13.9. The van der Waals surface area contributed by atoms with Crippen molar-refractivity contribution in [3.8, 4) is 0 Å². The third kappa shape index (κ3) is 9.16. The van der Waals surface area contributed by atoms with Crippen LogP contribution in [-0.4, -0.2) is 51.3 Å². The van der Waals surface area contributed by atoms with Gasteiger partial charge in [-0.1, -0.05) is 152 Å². The fraction of sp³-hybridized carbons (Fsp3) is 0.250. The number of esters is 1. The maximum atomic E-state index is 15.0. The van der Waals surface area contributed by atoms with E-state index in [0.717, 1.165) is 45.9 Å². The average Bonchev–Trinajstić information content (AvgIpc) is 3.52. The van der Waals surface area contributed by atoms with Crippen LogP contribution in [0.3, 0.4) is 0 Å². The van der Waals surface area contributed by atoms with Gasteiger partial charge in [0.05, 0.1) is 23.1 Å². The lowest BCUT2D eigenvalue weighted by molar-refractivity contribution is -0.149. The van der Waals surface area contributed by atoms with Crippen LogP contribution in [0.25, 0.3) is 11.0 Å². The first-order chi connectivity index (χ1) is 25.0. The molecule has 51 heavy (non-hydrogen) atoms. The molecule has 1 amide bonds. The van der Waals surface area contributed by atoms with Gasteiger partial charge in [-0.15, -0.1) is 0 Å². The summed E-state index contributed by atoms with van der Waals surface area (Å²) in [5, 5.41) is 0.771. The smallest absolute Gasteiger partial charge is 0.326 e. The number of para-hydroxylation sites is 2. The highest BCUT2D eigenvalue weighted by Gasteiger charge is 2.30. The van der Waals surface area contributed by atoms with Gasteiger partial charge in [0, 0.05) is 24.8 Å². The second-order valence-electron chi connectivity index (χ2n) is 12.8. The van der Waals surface area contributed by atoms with E-state index in [2.05, 4.69) is 53.4 Å². The molecule has 1 heterocycles. The van der Waals surface area contributed by atoms with E-state index >= 15 is 0 Å². The van der Waals surface area contributed by atoms with Crippen molar-refractivity contribution in [2.45, 2.75) is 56.3 Å². The summed E-state index contributed by atoms with van der Waals surface area (Å²) in [5.41, 5.74) is 6.04. The average molecular weight is 696 g/mol. The highest BCUT2D eigenvalue weighted by atomic mass is 32.2. The number of carbonyl (C=O) groups is 2. The molecular formula is C44H45N3O3S. The van der Waals surface area contributed by atoms with Crippen molar-refractivity contribution >= 4 is 34.7 Å². The molecule has 6 aromatic rings. The topological polar surface area (TPSA) is 64.4 Å². The summed E-state index contributed by atoms with van der Waals surface area (Å²) in [7, 11) is 0. The quantitative estimate of drug-likeness (QED) is 0.0574. The maximum Gasteiger partial charge on any atom is 0.326 e. The standard InChI is InChI=1S/C44H45N3O3S/c1-3-33(2)50-41(48)32-47-40-28-17-16-27-39(40)45-44(47)51-30-18-29-46(31-38(34-19-8-4-9-20-34)35-21-10-5-11-22-35)43(49)42(36-23-12-6-13-24-36)37-25-14-7-15-26-37/h4-17,19-28,33,38,42H,3,18,29-32H2,1-2H3. The molecule has 0 spiro atoms. The zero-order valence-electron chi connectivity index (χ0n) is 29.3. The second kappa shape index (κ2) is 17.7. The van der Waals surface area contributed by atoms with Crippen LogP contribution >= 0.6 is 11.8 Å². The van der Waals surface area contributed by atoms with Crippen molar-refractivity contribution in [1.29, 1.82) is 0 Å². The summed E-state index contributed by atoms with van der Waals surface area (Å²) < 4.78 is 7.58. The first kappa shape index (κ1) is 35.7. The summed E-state index contributed by atoms with van der Waals surface area (Å²) in [6.07, 6.45) is 1.36. The highest BCUT2D eigenvalue weighted by molar-refractivity contribution is 7.99. The van der Waals surface area contributed by atoms with E-state index in [-0.39, 0.29) is 30.4 Å². The number of hydrogen-bond donors (Lipinski definition) is 0. The molecule has 7 heteroatoms. The van der Waals surface area contributed by atoms with Gasteiger partial charge in [0.2, 0.25) is 5.91 Å². The van der Waals surface area contributed by atoms with Crippen LogP contribution in [0.1, 0.15) is 60.8 Å². The van der Waals surface area contributed by atoms with Crippen molar-refractivity contribution in [2.75, 3.05) is 18.8 Å². The molecule has 0 bridgehead atoms. The maximum absolute atomic E-state index is 15.0. The number of imidazole rings is 1. The molecule has 0 aliphatic rings. The molecule has 0 aliphatic heterocycles. The Morgan fingerprint density at radius 2 is 1.24 bits per heavy atom. The predicted octanol–water partition coefficient (Wildman–Crippen LogP) is 9.35. The molecule has 0 aliphatic carbocycles. The number of ether oxygens (including phenoxy) is 1. The van der Waals surface area contributed by atoms with Crippen LogP contribution in [0.2, 0.25) is 0 Å². The minimum atomic E-state index is -0.437. The number of aromatic nitrogens is 2. The van der Waals surface area contributed by atoms with Gasteiger partial charge in [-0.3, -0.25) is 9.59 Å². The lowest BCUT2D eigenvalue weighted by Gasteiger charge is -2.32. The molecule has 1 aromatic heterocycles. The van der Waals surface area contributed by atoms with Gasteiger partial charge in [-0.25, -0.2) is 4.98 Å². The molecule has 6 nitrogen and oxygen atoms in total. The van der Waals surface area contributed by atoms with Crippen LogP contribution in [0.5, 0.6) is 0 Å². The van der Waals surface area contributed by atoms with E-state index in [9.17, 15) is 9.59 Å². The number of fused-ring (bicyclic) bond motifs is 1. The molecule has 0 N–H and O–H groups in total. The van der Waals surface area contributed by atoms with Crippen LogP contribution in [0, 0.1) is 0 Å². The number of carbonyl (C=O) groups excluding carboxylic acids is 2. The van der Waals surface area contributed by atoms with E-state index in [4.69, 9.17) is 9.72 Å². The zero-order chi connectivity index (χ0) is 35.4. The lowest BCUT2D eigenvalue weighted by atomic mass is 9.87. The lowest BCUT2D eigenvalue weighted by Crippen LogP contribution is -2.39. The number of benzene rings is 5. The Hall–Kier alpha value is -5.14.